The van der Waals surface area contributed by atoms with Crippen molar-refractivity contribution >= 4 is 0 Å². The van der Waals surface area contributed by atoms with E-state index < -0.39 is 0 Å². The number of aliphatic hydroxyl groups excluding tert-OH is 1. The fourth-order valence-electron chi connectivity index (χ4n) is 9.09. The molecule has 5 aliphatic rings. The SMILES string of the molecule is C[C@H](CC[C@@H]1NC1(C)C)[C@H]1CC[C@H]2[C@@H]3CC=C4C[C@@H](O)CC[C@]4(C)[C@H]3CC[C@]12C. The Morgan fingerprint density at radius 2 is 1.83 bits per heavy atom. The molecule has 0 aromatic carbocycles. The minimum Gasteiger partial charge on any atom is -0.393 e. The van der Waals surface area contributed by atoms with Gasteiger partial charge in [-0.1, -0.05) is 32.4 Å². The van der Waals surface area contributed by atoms with Gasteiger partial charge in [0, 0.05) is 11.6 Å². The van der Waals surface area contributed by atoms with E-state index in [-0.39, 0.29) is 6.10 Å². The van der Waals surface area contributed by atoms with Crippen molar-refractivity contribution in [3.05, 3.63) is 11.6 Å². The van der Waals surface area contributed by atoms with Crippen molar-refractivity contribution in [1.82, 2.24) is 5.32 Å². The molecule has 0 bridgehead atoms. The lowest BCUT2D eigenvalue weighted by molar-refractivity contribution is -0.0572. The standard InChI is InChI=1S/C27H45NO/c1-17(6-11-24-25(2,3)28-24)21-9-10-22-20-8-7-18-16-19(29)12-14-26(18,4)23(20)13-15-27(21,22)5/h7,17,19-24,28-29H,6,8-16H2,1-5H3/t17-,19+,20+,21-,22+,23+,24+,26+,27-/m1/s1. The second-order valence-corrected chi connectivity index (χ2v) is 12.9. The predicted octanol–water partition coefficient (Wildman–Crippen LogP) is 6.09. The fourth-order valence-corrected chi connectivity index (χ4v) is 9.09. The molecule has 5 rings (SSSR count). The third kappa shape index (κ3) is 3.18. The zero-order chi connectivity index (χ0) is 20.6. The first-order valence-electron chi connectivity index (χ1n) is 12.8. The van der Waals surface area contributed by atoms with Crippen molar-refractivity contribution in [2.24, 2.45) is 40.4 Å². The molecule has 0 spiro atoms. The first-order valence-corrected chi connectivity index (χ1v) is 12.8. The zero-order valence-electron chi connectivity index (χ0n) is 19.6. The van der Waals surface area contributed by atoms with Gasteiger partial charge in [0.25, 0.3) is 0 Å². The summed E-state index contributed by atoms with van der Waals surface area (Å²) in [6.45, 7) is 12.5. The maximum Gasteiger partial charge on any atom is 0.0577 e. The van der Waals surface area contributed by atoms with E-state index in [0.717, 1.165) is 48.5 Å². The van der Waals surface area contributed by atoms with E-state index in [2.05, 4.69) is 46.0 Å². The van der Waals surface area contributed by atoms with Crippen molar-refractivity contribution < 1.29 is 5.11 Å². The maximum atomic E-state index is 10.2. The van der Waals surface area contributed by atoms with Crippen molar-refractivity contribution in [2.75, 3.05) is 0 Å². The van der Waals surface area contributed by atoms with Gasteiger partial charge in [0.15, 0.2) is 0 Å². The summed E-state index contributed by atoms with van der Waals surface area (Å²) < 4.78 is 0. The lowest BCUT2D eigenvalue weighted by Gasteiger charge is -2.58. The second kappa shape index (κ2) is 6.83. The van der Waals surface area contributed by atoms with Gasteiger partial charge in [-0.25, -0.2) is 0 Å². The largest absolute Gasteiger partial charge is 0.393 e. The highest BCUT2D eigenvalue weighted by Crippen LogP contribution is 2.67. The Bertz CT molecular complexity index is 682. The van der Waals surface area contributed by atoms with Crippen molar-refractivity contribution in [3.8, 4) is 0 Å². The molecule has 1 saturated heterocycles. The van der Waals surface area contributed by atoms with Crippen LogP contribution >= 0.6 is 0 Å². The molecule has 1 aliphatic heterocycles. The van der Waals surface area contributed by atoms with E-state index in [4.69, 9.17) is 0 Å². The van der Waals surface area contributed by atoms with E-state index in [9.17, 15) is 5.11 Å². The second-order valence-electron chi connectivity index (χ2n) is 12.9. The average Bonchev–Trinajstić information content (AvgIpc) is 3.11. The third-order valence-corrected chi connectivity index (χ3v) is 11.1. The lowest BCUT2D eigenvalue weighted by atomic mass is 9.47. The van der Waals surface area contributed by atoms with Crippen LogP contribution in [0.1, 0.15) is 98.8 Å². The van der Waals surface area contributed by atoms with Gasteiger partial charge in [-0.3, -0.25) is 0 Å². The Balaban J connectivity index is 1.30. The molecule has 3 saturated carbocycles. The zero-order valence-corrected chi connectivity index (χ0v) is 19.6. The maximum absolute atomic E-state index is 10.2. The first-order chi connectivity index (χ1) is 13.6. The summed E-state index contributed by atoms with van der Waals surface area (Å²) in [7, 11) is 0. The average molecular weight is 400 g/mol. The van der Waals surface area contributed by atoms with Gasteiger partial charge in [-0.05, 0) is 118 Å². The Morgan fingerprint density at radius 3 is 2.55 bits per heavy atom. The highest BCUT2D eigenvalue weighted by atomic mass is 16.3. The molecule has 1 heterocycles. The molecular formula is C27H45NO. The minimum atomic E-state index is -0.0811. The van der Waals surface area contributed by atoms with E-state index in [1.54, 1.807) is 5.57 Å². The van der Waals surface area contributed by atoms with E-state index in [1.165, 1.54) is 51.4 Å². The van der Waals surface area contributed by atoms with Crippen molar-refractivity contribution in [3.63, 3.8) is 0 Å². The van der Waals surface area contributed by atoms with Gasteiger partial charge in [0.05, 0.1) is 6.10 Å². The molecule has 0 aromatic heterocycles. The molecule has 2 nitrogen and oxygen atoms in total. The molecule has 4 aliphatic carbocycles. The summed E-state index contributed by atoms with van der Waals surface area (Å²) in [5, 5.41) is 13.9. The first kappa shape index (κ1) is 20.6. The highest BCUT2D eigenvalue weighted by Gasteiger charge is 2.59. The smallest absolute Gasteiger partial charge is 0.0577 e. The van der Waals surface area contributed by atoms with Gasteiger partial charge < -0.3 is 10.4 Å². The molecule has 0 amide bonds. The molecule has 2 N–H and O–H groups in total. The van der Waals surface area contributed by atoms with Crippen LogP contribution in [0, 0.1) is 40.4 Å². The highest BCUT2D eigenvalue weighted by molar-refractivity contribution is 5.25. The van der Waals surface area contributed by atoms with Crippen LogP contribution in [-0.4, -0.2) is 22.8 Å². The number of rotatable bonds is 4. The Hall–Kier alpha value is -0.340. The number of hydrogen-bond acceptors (Lipinski definition) is 2. The van der Waals surface area contributed by atoms with Gasteiger partial charge in [-0.15, -0.1) is 0 Å². The molecule has 9 atom stereocenters. The van der Waals surface area contributed by atoms with Crippen LogP contribution in [0.25, 0.3) is 0 Å². The number of fused-ring (bicyclic) bond motifs is 5. The number of nitrogens with one attached hydrogen (secondary N) is 1. The van der Waals surface area contributed by atoms with E-state index in [1.807, 2.05) is 0 Å². The van der Waals surface area contributed by atoms with Gasteiger partial charge in [0.2, 0.25) is 0 Å². The molecular weight excluding hydrogens is 354 g/mol. The predicted molar refractivity (Wildman–Crippen MR) is 121 cm³/mol. The summed E-state index contributed by atoms with van der Waals surface area (Å²) in [5.74, 6) is 4.51. The molecule has 29 heavy (non-hydrogen) atoms. The summed E-state index contributed by atoms with van der Waals surface area (Å²) in [4.78, 5) is 0. The fraction of sp³-hybridized carbons (Fsp3) is 0.926. The van der Waals surface area contributed by atoms with Gasteiger partial charge in [0.1, 0.15) is 0 Å². The molecule has 4 fully saturated rings. The number of hydrogen-bond donors (Lipinski definition) is 2. The monoisotopic (exact) mass is 399 g/mol. The minimum absolute atomic E-state index is 0.0811. The van der Waals surface area contributed by atoms with Crippen LogP contribution in [0.3, 0.4) is 0 Å². The van der Waals surface area contributed by atoms with Crippen molar-refractivity contribution in [2.45, 2.75) is 117 Å². The Morgan fingerprint density at radius 1 is 1.07 bits per heavy atom. The van der Waals surface area contributed by atoms with Crippen LogP contribution < -0.4 is 5.32 Å². The summed E-state index contributed by atoms with van der Waals surface area (Å²) in [5.41, 5.74) is 2.97. The van der Waals surface area contributed by atoms with Crippen molar-refractivity contribution in [1.29, 1.82) is 0 Å². The Labute approximate surface area is 179 Å². The molecule has 0 unspecified atom stereocenters. The lowest BCUT2D eigenvalue weighted by Crippen LogP contribution is -2.50. The van der Waals surface area contributed by atoms with E-state index in [0.29, 0.717) is 16.4 Å². The summed E-state index contributed by atoms with van der Waals surface area (Å²) in [6, 6.07) is 0.759. The normalized spacial score (nSPS) is 51.4. The van der Waals surface area contributed by atoms with Crippen LogP contribution in [0.15, 0.2) is 11.6 Å². The summed E-state index contributed by atoms with van der Waals surface area (Å²) in [6.07, 6.45) is 15.6. The number of aliphatic hydroxyl groups is 1. The molecule has 164 valence electrons. The third-order valence-electron chi connectivity index (χ3n) is 11.1. The van der Waals surface area contributed by atoms with Gasteiger partial charge >= 0.3 is 0 Å². The van der Waals surface area contributed by atoms with Crippen LogP contribution in [0.5, 0.6) is 0 Å². The van der Waals surface area contributed by atoms with E-state index >= 15 is 0 Å². The summed E-state index contributed by atoms with van der Waals surface area (Å²) >= 11 is 0. The molecule has 0 radical (unpaired) electrons. The quantitative estimate of drug-likeness (QED) is 0.443. The van der Waals surface area contributed by atoms with Crippen LogP contribution in [-0.2, 0) is 0 Å². The van der Waals surface area contributed by atoms with Crippen LogP contribution in [0.4, 0.5) is 0 Å². The molecule has 2 heteroatoms. The molecule has 0 aromatic rings. The van der Waals surface area contributed by atoms with Crippen LogP contribution in [0.2, 0.25) is 0 Å². The topological polar surface area (TPSA) is 42.2 Å². The number of allylic oxidation sites excluding steroid dienone is 1. The Kier molecular flexibility index (Phi) is 4.84. The van der Waals surface area contributed by atoms with Gasteiger partial charge in [-0.2, -0.15) is 0 Å².